The van der Waals surface area contributed by atoms with Gasteiger partial charge in [0.25, 0.3) is 0 Å². The summed E-state index contributed by atoms with van der Waals surface area (Å²) in [4.78, 5) is 26.8. The minimum Gasteiger partial charge on any atom is -0.404 e. The average Bonchev–Trinajstić information content (AvgIpc) is 2.99. The van der Waals surface area contributed by atoms with E-state index in [-0.39, 0.29) is 36.0 Å². The maximum Gasteiger partial charge on any atom is 0.573 e. The molecule has 4 fully saturated rings. The number of amides is 3. The summed E-state index contributed by atoms with van der Waals surface area (Å²) >= 11 is 0. The zero-order valence-electron chi connectivity index (χ0n) is 16.9. The van der Waals surface area contributed by atoms with Gasteiger partial charge in [0.2, 0.25) is 15.9 Å². The van der Waals surface area contributed by atoms with Crippen molar-refractivity contribution in [3.63, 3.8) is 0 Å². The van der Waals surface area contributed by atoms with Crippen LogP contribution in [0, 0.1) is 5.41 Å². The Hall–Kier alpha value is -2.54. The third kappa shape index (κ3) is 3.47. The lowest BCUT2D eigenvalue weighted by atomic mass is 9.74. The highest BCUT2D eigenvalue weighted by Gasteiger charge is 2.59. The maximum atomic E-state index is 12.9. The average molecular weight is 474 g/mol. The third-order valence-corrected chi connectivity index (χ3v) is 8.36. The van der Waals surface area contributed by atoms with Crippen molar-refractivity contribution in [3.8, 4) is 5.75 Å². The zero-order valence-corrected chi connectivity index (χ0v) is 17.7. The first-order chi connectivity index (χ1) is 14.9. The summed E-state index contributed by atoms with van der Waals surface area (Å²) in [5, 5.41) is 2.92. The Balaban J connectivity index is 1.17. The number of carbonyl (C=O) groups excluding carboxylic acids is 2. The Bertz CT molecular complexity index is 1070. The van der Waals surface area contributed by atoms with Crippen LogP contribution in [0.1, 0.15) is 12.8 Å². The van der Waals surface area contributed by atoms with Crippen molar-refractivity contribution < 1.29 is 35.9 Å². The summed E-state index contributed by atoms with van der Waals surface area (Å²) < 4.78 is 68.6. The second kappa shape index (κ2) is 6.73. The number of urea groups is 1. The zero-order chi connectivity index (χ0) is 22.9. The van der Waals surface area contributed by atoms with E-state index in [4.69, 9.17) is 0 Å². The number of benzene rings is 1. The van der Waals surface area contributed by atoms with Gasteiger partial charge < -0.3 is 19.9 Å². The van der Waals surface area contributed by atoms with Crippen LogP contribution >= 0.6 is 0 Å². The highest BCUT2D eigenvalue weighted by atomic mass is 32.2. The largest absolute Gasteiger partial charge is 0.573 e. The molecular weight excluding hydrogens is 453 g/mol. The first-order valence-electron chi connectivity index (χ1n) is 10.1. The molecule has 4 heterocycles. The van der Waals surface area contributed by atoms with Gasteiger partial charge in [0, 0.05) is 51.1 Å². The first kappa shape index (κ1) is 21.3. The number of ether oxygens (including phenoxy) is 1. The van der Waals surface area contributed by atoms with Gasteiger partial charge in [-0.3, -0.25) is 4.79 Å². The van der Waals surface area contributed by atoms with Crippen molar-refractivity contribution in [2.45, 2.75) is 29.6 Å². The lowest BCUT2D eigenvalue weighted by molar-refractivity contribution is -0.275. The van der Waals surface area contributed by atoms with Crippen molar-refractivity contribution in [2.75, 3.05) is 39.3 Å². The summed E-state index contributed by atoms with van der Waals surface area (Å²) in [5.74, 6) is -0.768. The molecule has 0 saturated carbocycles. The van der Waals surface area contributed by atoms with Crippen molar-refractivity contribution in [1.29, 1.82) is 0 Å². The predicted octanol–water partition coefficient (Wildman–Crippen LogP) is 0.976. The molecule has 5 rings (SSSR count). The van der Waals surface area contributed by atoms with E-state index in [0.29, 0.717) is 39.0 Å². The molecule has 1 aromatic carbocycles. The molecule has 13 heteroatoms. The molecular formula is C19H21F3N4O5S. The number of rotatable bonds is 3. The molecule has 4 aliphatic rings. The van der Waals surface area contributed by atoms with E-state index in [1.165, 1.54) is 12.1 Å². The fourth-order valence-electron chi connectivity index (χ4n) is 5.01. The molecule has 174 valence electrons. The van der Waals surface area contributed by atoms with Gasteiger partial charge in [0.15, 0.2) is 0 Å². The quantitative estimate of drug-likeness (QED) is 0.704. The van der Waals surface area contributed by atoms with E-state index in [2.05, 4.69) is 10.1 Å². The summed E-state index contributed by atoms with van der Waals surface area (Å²) in [6.07, 6.45) is -3.82. The van der Waals surface area contributed by atoms with Crippen LogP contribution in [-0.2, 0) is 14.8 Å². The topological polar surface area (TPSA) is 99.3 Å². The van der Waals surface area contributed by atoms with Gasteiger partial charge in [0.05, 0.1) is 5.54 Å². The molecule has 32 heavy (non-hydrogen) atoms. The van der Waals surface area contributed by atoms with Gasteiger partial charge in [-0.05, 0) is 18.6 Å². The number of sulfonamides is 1. The van der Waals surface area contributed by atoms with Crippen LogP contribution in [-0.4, -0.2) is 85.6 Å². The smallest absolute Gasteiger partial charge is 0.404 e. The fraction of sp³-hybridized carbons (Fsp3) is 0.579. The van der Waals surface area contributed by atoms with Gasteiger partial charge in [-0.1, -0.05) is 12.1 Å². The van der Waals surface area contributed by atoms with Crippen LogP contribution in [0.25, 0.3) is 0 Å². The number of halogens is 3. The summed E-state index contributed by atoms with van der Waals surface area (Å²) in [5.41, 5.74) is -0.685. The molecule has 4 aliphatic heterocycles. The number of para-hydroxylation sites is 1. The number of hydrogen-bond donors (Lipinski definition) is 1. The van der Waals surface area contributed by atoms with Gasteiger partial charge in [-0.15, -0.1) is 13.2 Å². The van der Waals surface area contributed by atoms with E-state index in [1.807, 2.05) is 0 Å². The van der Waals surface area contributed by atoms with Crippen molar-refractivity contribution >= 4 is 22.0 Å². The second-order valence-electron chi connectivity index (χ2n) is 9.09. The first-order valence-corrected chi connectivity index (χ1v) is 11.5. The SMILES string of the molecule is O=C1CCC2(CN(C(=O)N3CC4(C3)CN(S(=O)(=O)c3ccccc3OC(F)(F)F)C4)C2)N1. The number of alkyl halides is 3. The Morgan fingerprint density at radius 2 is 1.66 bits per heavy atom. The summed E-state index contributed by atoms with van der Waals surface area (Å²) in [6, 6.07) is 4.50. The maximum absolute atomic E-state index is 12.9. The molecule has 0 aliphatic carbocycles. The normalized spacial score (nSPS) is 24.0. The Morgan fingerprint density at radius 1 is 1.03 bits per heavy atom. The highest BCUT2D eigenvalue weighted by molar-refractivity contribution is 7.89. The van der Waals surface area contributed by atoms with Crippen LogP contribution in [0.2, 0.25) is 0 Å². The number of likely N-dealkylation sites (tertiary alicyclic amines) is 2. The molecule has 0 aromatic heterocycles. The number of hydrogen-bond acceptors (Lipinski definition) is 5. The van der Waals surface area contributed by atoms with Crippen LogP contribution in [0.3, 0.4) is 0 Å². The Morgan fingerprint density at radius 3 is 2.25 bits per heavy atom. The lowest BCUT2D eigenvalue weighted by Crippen LogP contribution is -2.77. The van der Waals surface area contributed by atoms with E-state index in [1.54, 1.807) is 9.80 Å². The molecule has 4 saturated heterocycles. The minimum absolute atomic E-state index is 0.00187. The van der Waals surface area contributed by atoms with Crippen LogP contribution in [0.5, 0.6) is 5.75 Å². The van der Waals surface area contributed by atoms with Crippen LogP contribution in [0.15, 0.2) is 29.2 Å². The number of nitrogens with one attached hydrogen (secondary N) is 1. The molecule has 2 spiro atoms. The van der Waals surface area contributed by atoms with Gasteiger partial charge in [0.1, 0.15) is 10.6 Å². The van der Waals surface area contributed by atoms with Crippen molar-refractivity contribution in [3.05, 3.63) is 24.3 Å². The molecule has 9 nitrogen and oxygen atoms in total. The fourth-order valence-corrected chi connectivity index (χ4v) is 6.79. The predicted molar refractivity (Wildman–Crippen MR) is 103 cm³/mol. The van der Waals surface area contributed by atoms with Gasteiger partial charge >= 0.3 is 12.4 Å². The molecule has 0 atom stereocenters. The number of nitrogens with zero attached hydrogens (tertiary/aromatic N) is 3. The van der Waals surface area contributed by atoms with Gasteiger partial charge in [-0.25, -0.2) is 13.2 Å². The van der Waals surface area contributed by atoms with Crippen LogP contribution < -0.4 is 10.1 Å². The highest BCUT2D eigenvalue weighted by Crippen LogP contribution is 2.44. The minimum atomic E-state index is -5.01. The molecule has 1 aromatic rings. The van der Waals surface area contributed by atoms with E-state index >= 15 is 0 Å². The van der Waals surface area contributed by atoms with E-state index < -0.39 is 27.0 Å². The summed E-state index contributed by atoms with van der Waals surface area (Å²) in [6.45, 7) is 1.96. The van der Waals surface area contributed by atoms with Crippen molar-refractivity contribution in [2.24, 2.45) is 5.41 Å². The lowest BCUT2D eigenvalue weighted by Gasteiger charge is -2.61. The molecule has 3 amide bonds. The molecule has 0 bridgehead atoms. The Labute approximate surface area is 182 Å². The Kier molecular flexibility index (Phi) is 4.48. The standard InChI is InChI=1S/C19H21F3N4O5S/c20-19(21,22)31-13-3-1-2-4-14(13)32(29,30)26-9-17(10-26)7-24(8-17)16(28)25-11-18(12-25)6-5-15(27)23-18/h1-4H,5-12H2,(H,23,27). The molecule has 0 radical (unpaired) electrons. The van der Waals surface area contributed by atoms with Gasteiger partial charge in [-0.2, -0.15) is 4.31 Å². The second-order valence-corrected chi connectivity index (χ2v) is 11.0. The molecule has 1 N–H and O–H groups in total. The van der Waals surface area contributed by atoms with Crippen molar-refractivity contribution in [1.82, 2.24) is 19.4 Å². The van der Waals surface area contributed by atoms with E-state index in [0.717, 1.165) is 16.4 Å². The van der Waals surface area contributed by atoms with Crippen LogP contribution in [0.4, 0.5) is 18.0 Å². The monoisotopic (exact) mass is 474 g/mol. The summed E-state index contributed by atoms with van der Waals surface area (Å²) in [7, 11) is -4.17. The number of carbonyl (C=O) groups is 2. The van der Waals surface area contributed by atoms with E-state index in [9.17, 15) is 31.2 Å². The third-order valence-electron chi connectivity index (χ3n) is 6.53. The molecule has 0 unspecified atom stereocenters.